The van der Waals surface area contributed by atoms with Crippen LogP contribution in [-0.4, -0.2) is 60.7 Å². The minimum Gasteiger partial charge on any atom is -0.450 e. The molecular weight excluding hydrogens is 373 g/mol. The predicted octanol–water partition coefficient (Wildman–Crippen LogP) is 1.83. The van der Waals surface area contributed by atoms with Gasteiger partial charge in [0.2, 0.25) is 5.78 Å². The van der Waals surface area contributed by atoms with Gasteiger partial charge in [-0.25, -0.2) is 9.18 Å². The topological polar surface area (TPSA) is 56.0 Å². The minimum absolute atomic E-state index is 0.114. The molecule has 7 heteroatoms. The van der Waals surface area contributed by atoms with Gasteiger partial charge in [-0.3, -0.25) is 9.69 Å². The highest BCUT2D eigenvalue weighted by Crippen LogP contribution is 2.18. The third kappa shape index (κ3) is 5.03. The largest absolute Gasteiger partial charge is 0.450 e. The molecule has 1 aromatic carbocycles. The lowest BCUT2D eigenvalue weighted by molar-refractivity contribution is -0.895. The minimum atomic E-state index is -0.276. The number of halogens is 1. The SMILES string of the molecule is CCOC(=O)N1CC[NH+](CC(=O)c2cc(C)n(Cc3ccc(F)cc3)c2C)CC1. The van der Waals surface area contributed by atoms with Crippen molar-refractivity contribution in [2.75, 3.05) is 39.3 Å². The highest BCUT2D eigenvalue weighted by atomic mass is 19.1. The summed E-state index contributed by atoms with van der Waals surface area (Å²) >= 11 is 0. The average molecular weight is 402 g/mol. The molecule has 0 spiro atoms. The summed E-state index contributed by atoms with van der Waals surface area (Å²) in [5.41, 5.74) is 3.68. The van der Waals surface area contributed by atoms with E-state index in [1.165, 1.54) is 17.0 Å². The number of carbonyl (C=O) groups excluding carboxylic acids is 2. The van der Waals surface area contributed by atoms with E-state index in [2.05, 4.69) is 4.57 Å². The van der Waals surface area contributed by atoms with Crippen molar-refractivity contribution in [3.8, 4) is 0 Å². The molecule has 0 aliphatic carbocycles. The smallest absolute Gasteiger partial charge is 0.410 e. The number of hydrogen-bond acceptors (Lipinski definition) is 3. The van der Waals surface area contributed by atoms with Gasteiger partial charge in [0, 0.05) is 23.5 Å². The zero-order chi connectivity index (χ0) is 21.0. The van der Waals surface area contributed by atoms with E-state index in [0.29, 0.717) is 32.8 Å². The van der Waals surface area contributed by atoms with Gasteiger partial charge in [0.1, 0.15) is 12.4 Å². The second-order valence-corrected chi connectivity index (χ2v) is 7.53. The first-order valence-electron chi connectivity index (χ1n) is 10.1. The first-order chi connectivity index (χ1) is 13.9. The molecule has 0 atom stereocenters. The Hall–Kier alpha value is -2.67. The van der Waals surface area contributed by atoms with Crippen molar-refractivity contribution in [2.45, 2.75) is 27.3 Å². The number of aromatic nitrogens is 1. The van der Waals surface area contributed by atoms with E-state index in [1.807, 2.05) is 19.9 Å². The van der Waals surface area contributed by atoms with Crippen molar-refractivity contribution in [1.29, 1.82) is 0 Å². The van der Waals surface area contributed by atoms with E-state index in [-0.39, 0.29) is 17.7 Å². The number of Topliss-reactive ketones (excluding diaryl/α,β-unsaturated/α-hetero) is 1. The first-order valence-corrected chi connectivity index (χ1v) is 10.1. The Morgan fingerprint density at radius 3 is 2.41 bits per heavy atom. The summed E-state index contributed by atoms with van der Waals surface area (Å²) in [5, 5.41) is 0. The second kappa shape index (κ2) is 9.22. The molecule has 0 saturated carbocycles. The number of quaternary nitrogens is 1. The van der Waals surface area contributed by atoms with E-state index in [9.17, 15) is 14.0 Å². The summed E-state index contributed by atoms with van der Waals surface area (Å²) in [6.07, 6.45) is -0.276. The zero-order valence-corrected chi connectivity index (χ0v) is 17.3. The summed E-state index contributed by atoms with van der Waals surface area (Å²) in [6, 6.07) is 8.38. The molecule has 1 amide bonds. The Labute approximate surface area is 170 Å². The monoisotopic (exact) mass is 402 g/mol. The van der Waals surface area contributed by atoms with E-state index in [1.54, 1.807) is 24.0 Å². The Morgan fingerprint density at radius 1 is 1.14 bits per heavy atom. The molecule has 6 nitrogen and oxygen atoms in total. The van der Waals surface area contributed by atoms with Crippen molar-refractivity contribution >= 4 is 11.9 Å². The number of ketones is 1. The normalized spacial score (nSPS) is 14.8. The van der Waals surface area contributed by atoms with Gasteiger partial charge in [0.25, 0.3) is 0 Å². The van der Waals surface area contributed by atoms with Gasteiger partial charge in [-0.05, 0) is 44.5 Å². The first kappa shape index (κ1) is 21.0. The molecular formula is C22H29FN3O3+. The lowest BCUT2D eigenvalue weighted by atomic mass is 10.1. The molecule has 3 rings (SSSR count). The fourth-order valence-electron chi connectivity index (χ4n) is 3.82. The average Bonchev–Trinajstić information content (AvgIpc) is 2.98. The van der Waals surface area contributed by atoms with Crippen LogP contribution in [0.1, 0.15) is 34.2 Å². The van der Waals surface area contributed by atoms with Gasteiger partial charge >= 0.3 is 6.09 Å². The van der Waals surface area contributed by atoms with E-state index in [0.717, 1.165) is 35.6 Å². The van der Waals surface area contributed by atoms with Crippen LogP contribution in [-0.2, 0) is 11.3 Å². The Balaban J connectivity index is 1.62. The Bertz CT molecular complexity index is 868. The Kier molecular flexibility index (Phi) is 6.69. The second-order valence-electron chi connectivity index (χ2n) is 7.53. The summed E-state index contributed by atoms with van der Waals surface area (Å²) in [6.45, 7) is 9.81. The number of aryl methyl sites for hydroxylation is 1. The van der Waals surface area contributed by atoms with Gasteiger partial charge < -0.3 is 14.2 Å². The lowest BCUT2D eigenvalue weighted by Crippen LogP contribution is -3.15. The maximum atomic E-state index is 13.1. The highest BCUT2D eigenvalue weighted by molar-refractivity contribution is 5.98. The summed E-state index contributed by atoms with van der Waals surface area (Å²) in [7, 11) is 0. The van der Waals surface area contributed by atoms with Crippen LogP contribution in [0, 0.1) is 19.7 Å². The van der Waals surface area contributed by atoms with Crippen LogP contribution in [0.3, 0.4) is 0 Å². The number of hydrogen-bond donors (Lipinski definition) is 1. The predicted molar refractivity (Wildman–Crippen MR) is 108 cm³/mol. The van der Waals surface area contributed by atoms with Gasteiger partial charge in [-0.1, -0.05) is 12.1 Å². The van der Waals surface area contributed by atoms with Crippen LogP contribution in [0.4, 0.5) is 9.18 Å². The fraction of sp³-hybridized carbons (Fsp3) is 0.455. The number of rotatable bonds is 6. The molecule has 0 radical (unpaired) electrons. The molecule has 1 aliphatic heterocycles. The number of benzene rings is 1. The fourth-order valence-corrected chi connectivity index (χ4v) is 3.82. The highest BCUT2D eigenvalue weighted by Gasteiger charge is 2.27. The van der Waals surface area contributed by atoms with Crippen LogP contribution in [0.25, 0.3) is 0 Å². The number of nitrogens with one attached hydrogen (secondary N) is 1. The quantitative estimate of drug-likeness (QED) is 0.750. The molecule has 1 aromatic heterocycles. The molecule has 156 valence electrons. The number of nitrogens with zero attached hydrogens (tertiary/aromatic N) is 2. The number of piperazine rings is 1. The summed E-state index contributed by atoms with van der Waals surface area (Å²) < 4.78 is 20.3. The van der Waals surface area contributed by atoms with Crippen molar-refractivity contribution in [3.63, 3.8) is 0 Å². The van der Waals surface area contributed by atoms with Gasteiger partial charge in [-0.2, -0.15) is 0 Å². The lowest BCUT2D eigenvalue weighted by Gasteiger charge is -2.31. The van der Waals surface area contributed by atoms with Crippen LogP contribution < -0.4 is 4.90 Å². The molecule has 2 aromatic rings. The van der Waals surface area contributed by atoms with Crippen LogP contribution in [0.5, 0.6) is 0 Å². The van der Waals surface area contributed by atoms with Crippen molar-refractivity contribution in [2.24, 2.45) is 0 Å². The zero-order valence-electron chi connectivity index (χ0n) is 17.3. The molecule has 0 bridgehead atoms. The van der Waals surface area contributed by atoms with Crippen molar-refractivity contribution in [3.05, 3.63) is 58.7 Å². The number of carbonyl (C=O) groups is 2. The molecule has 1 aliphatic rings. The number of ether oxygens (including phenoxy) is 1. The number of amides is 1. The maximum Gasteiger partial charge on any atom is 0.410 e. The molecule has 1 N–H and O–H groups in total. The molecule has 0 unspecified atom stereocenters. The molecule has 29 heavy (non-hydrogen) atoms. The van der Waals surface area contributed by atoms with Gasteiger partial charge in [0.15, 0.2) is 0 Å². The molecule has 1 saturated heterocycles. The molecule has 2 heterocycles. The summed E-state index contributed by atoms with van der Waals surface area (Å²) in [4.78, 5) is 27.6. The van der Waals surface area contributed by atoms with Crippen molar-refractivity contribution in [1.82, 2.24) is 9.47 Å². The van der Waals surface area contributed by atoms with Crippen LogP contribution in [0.2, 0.25) is 0 Å². The third-order valence-corrected chi connectivity index (χ3v) is 5.54. The standard InChI is InChI=1S/C22H28FN3O3/c1-4-29-22(28)25-11-9-24(10-12-25)15-21(27)20-13-16(2)26(17(20)3)14-18-5-7-19(23)8-6-18/h5-8,13H,4,9-12,14-15H2,1-3H3/p+1. The van der Waals surface area contributed by atoms with E-state index >= 15 is 0 Å². The van der Waals surface area contributed by atoms with E-state index < -0.39 is 0 Å². The third-order valence-electron chi connectivity index (χ3n) is 5.54. The van der Waals surface area contributed by atoms with E-state index in [4.69, 9.17) is 4.74 Å². The van der Waals surface area contributed by atoms with Crippen LogP contribution >= 0.6 is 0 Å². The van der Waals surface area contributed by atoms with Crippen molar-refractivity contribution < 1.29 is 23.6 Å². The Morgan fingerprint density at radius 2 is 1.79 bits per heavy atom. The molecule has 1 fully saturated rings. The maximum absolute atomic E-state index is 13.1. The van der Waals surface area contributed by atoms with Gasteiger partial charge in [-0.15, -0.1) is 0 Å². The van der Waals surface area contributed by atoms with Crippen LogP contribution in [0.15, 0.2) is 30.3 Å². The van der Waals surface area contributed by atoms with Gasteiger partial charge in [0.05, 0.1) is 32.8 Å². The summed E-state index contributed by atoms with van der Waals surface area (Å²) in [5.74, 6) is -0.139.